The van der Waals surface area contributed by atoms with Gasteiger partial charge in [0.2, 0.25) is 5.91 Å². The third kappa shape index (κ3) is 7.42. The lowest BCUT2D eigenvalue weighted by Gasteiger charge is -2.33. The molecule has 0 saturated carbocycles. The first-order valence-electron chi connectivity index (χ1n) is 7.04. The Balaban J connectivity index is 2.09. The number of carboxylic acid groups (broad SMARTS) is 1. The van der Waals surface area contributed by atoms with E-state index in [1.165, 1.54) is 0 Å². The van der Waals surface area contributed by atoms with Gasteiger partial charge in [0, 0.05) is 53.0 Å². The highest BCUT2D eigenvalue weighted by molar-refractivity contribution is 5.77. The topological polar surface area (TPSA) is 82.1 Å². The highest BCUT2D eigenvalue weighted by Gasteiger charge is 2.18. The van der Waals surface area contributed by atoms with E-state index in [0.29, 0.717) is 26.2 Å². The second-order valence-electron chi connectivity index (χ2n) is 4.96. The number of methoxy groups -OCH3 is 1. The quantitative estimate of drug-likeness (QED) is 0.542. The first-order chi connectivity index (χ1) is 9.61. The number of rotatable bonds is 9. The third-order valence-electron chi connectivity index (χ3n) is 3.32. The third-order valence-corrected chi connectivity index (χ3v) is 3.32. The Labute approximate surface area is 119 Å². The van der Waals surface area contributed by atoms with Crippen molar-refractivity contribution in [1.82, 2.24) is 15.1 Å². The number of amides is 1. The maximum Gasteiger partial charge on any atom is 0.304 e. The first-order valence-corrected chi connectivity index (χ1v) is 7.04. The zero-order valence-electron chi connectivity index (χ0n) is 12.1. The summed E-state index contributed by atoms with van der Waals surface area (Å²) in [6.45, 7) is 5.57. The van der Waals surface area contributed by atoms with Crippen LogP contribution in [0.1, 0.15) is 12.8 Å². The fraction of sp³-hybridized carbons (Fsp3) is 0.846. The molecule has 1 heterocycles. The van der Waals surface area contributed by atoms with Crippen LogP contribution in [0.4, 0.5) is 0 Å². The van der Waals surface area contributed by atoms with Gasteiger partial charge in [0.05, 0.1) is 13.0 Å². The average molecular weight is 287 g/mol. The number of hydrogen-bond acceptors (Lipinski definition) is 5. The number of aliphatic carboxylic acids is 1. The molecule has 20 heavy (non-hydrogen) atoms. The molecule has 7 nitrogen and oxygen atoms in total. The Kier molecular flexibility index (Phi) is 8.17. The minimum absolute atomic E-state index is 0.0417. The van der Waals surface area contributed by atoms with Crippen molar-refractivity contribution in [2.75, 3.05) is 59.5 Å². The minimum atomic E-state index is -0.761. The van der Waals surface area contributed by atoms with Crippen LogP contribution in [0.25, 0.3) is 0 Å². The van der Waals surface area contributed by atoms with Gasteiger partial charge in [-0.05, 0) is 6.42 Å². The lowest BCUT2D eigenvalue weighted by molar-refractivity contribution is -0.137. The molecule has 0 aromatic carbocycles. The molecule has 0 unspecified atom stereocenters. The number of ether oxygens (including phenoxy) is 1. The van der Waals surface area contributed by atoms with Gasteiger partial charge in [0.25, 0.3) is 0 Å². The Morgan fingerprint density at radius 2 is 1.85 bits per heavy atom. The zero-order chi connectivity index (χ0) is 14.8. The highest BCUT2D eigenvalue weighted by Crippen LogP contribution is 2.02. The summed E-state index contributed by atoms with van der Waals surface area (Å²) in [7, 11) is 1.64. The molecule has 1 aliphatic rings. The fourth-order valence-corrected chi connectivity index (χ4v) is 2.13. The molecule has 0 aliphatic carbocycles. The summed E-state index contributed by atoms with van der Waals surface area (Å²) in [4.78, 5) is 26.4. The van der Waals surface area contributed by atoms with Gasteiger partial charge in [-0.2, -0.15) is 0 Å². The first kappa shape index (κ1) is 16.9. The van der Waals surface area contributed by atoms with Crippen molar-refractivity contribution in [3.63, 3.8) is 0 Å². The number of carboxylic acids is 1. The van der Waals surface area contributed by atoms with Crippen molar-refractivity contribution in [1.29, 1.82) is 0 Å². The van der Waals surface area contributed by atoms with Gasteiger partial charge in [-0.1, -0.05) is 0 Å². The Morgan fingerprint density at radius 3 is 2.45 bits per heavy atom. The van der Waals surface area contributed by atoms with Crippen molar-refractivity contribution >= 4 is 11.9 Å². The molecule has 7 heteroatoms. The highest BCUT2D eigenvalue weighted by atomic mass is 16.5. The molecule has 1 fully saturated rings. The summed E-state index contributed by atoms with van der Waals surface area (Å²) < 4.78 is 4.92. The van der Waals surface area contributed by atoms with Gasteiger partial charge in [0.15, 0.2) is 0 Å². The minimum Gasteiger partial charge on any atom is -0.481 e. The molecule has 1 aliphatic heterocycles. The largest absolute Gasteiger partial charge is 0.481 e. The summed E-state index contributed by atoms with van der Waals surface area (Å²) in [5.41, 5.74) is 0. The second-order valence-corrected chi connectivity index (χ2v) is 4.96. The number of piperazine rings is 1. The predicted molar refractivity (Wildman–Crippen MR) is 74.6 cm³/mol. The van der Waals surface area contributed by atoms with Gasteiger partial charge in [-0.15, -0.1) is 0 Å². The van der Waals surface area contributed by atoms with Crippen LogP contribution in [0.2, 0.25) is 0 Å². The van der Waals surface area contributed by atoms with Crippen molar-refractivity contribution < 1.29 is 19.4 Å². The summed E-state index contributed by atoms with van der Waals surface area (Å²) in [5.74, 6) is -0.719. The molecular weight excluding hydrogens is 262 g/mol. The van der Waals surface area contributed by atoms with Crippen molar-refractivity contribution in [3.8, 4) is 0 Å². The van der Waals surface area contributed by atoms with Crippen LogP contribution in [-0.2, 0) is 14.3 Å². The van der Waals surface area contributed by atoms with Gasteiger partial charge in [-0.25, -0.2) is 0 Å². The van der Waals surface area contributed by atoms with Crippen LogP contribution in [0, 0.1) is 0 Å². The molecule has 0 bridgehead atoms. The Bertz CT molecular complexity index is 304. The maximum atomic E-state index is 11.7. The molecular formula is C13H25N3O4. The summed E-state index contributed by atoms with van der Waals surface area (Å²) in [5, 5.41) is 11.5. The van der Waals surface area contributed by atoms with Crippen molar-refractivity contribution in [3.05, 3.63) is 0 Å². The van der Waals surface area contributed by atoms with Crippen LogP contribution >= 0.6 is 0 Å². The normalized spacial score (nSPS) is 17.1. The van der Waals surface area contributed by atoms with Crippen LogP contribution in [0.3, 0.4) is 0 Å². The Hall–Kier alpha value is -1.18. The molecule has 116 valence electrons. The van der Waals surface area contributed by atoms with E-state index in [4.69, 9.17) is 9.84 Å². The van der Waals surface area contributed by atoms with Crippen LogP contribution < -0.4 is 5.32 Å². The SMILES string of the molecule is COCCCNC(=O)CN1CCN(CCC(=O)O)CC1. The standard InChI is InChI=1S/C13H25N3O4/c1-20-10-2-4-14-12(17)11-16-8-6-15(7-9-16)5-3-13(18)19/h2-11H2,1H3,(H,14,17)(H,18,19). The molecule has 1 rings (SSSR count). The van der Waals surface area contributed by atoms with E-state index in [0.717, 1.165) is 32.6 Å². The van der Waals surface area contributed by atoms with Crippen LogP contribution in [0.5, 0.6) is 0 Å². The number of hydrogen-bond donors (Lipinski definition) is 2. The summed E-state index contributed by atoms with van der Waals surface area (Å²) in [6.07, 6.45) is 1.01. The van der Waals surface area contributed by atoms with E-state index in [-0.39, 0.29) is 12.3 Å². The van der Waals surface area contributed by atoms with Gasteiger partial charge in [-0.3, -0.25) is 14.5 Å². The van der Waals surface area contributed by atoms with Crippen molar-refractivity contribution in [2.24, 2.45) is 0 Å². The average Bonchev–Trinajstić information content (AvgIpc) is 2.43. The molecule has 2 N–H and O–H groups in total. The van der Waals surface area contributed by atoms with Crippen molar-refractivity contribution in [2.45, 2.75) is 12.8 Å². The second kappa shape index (κ2) is 9.68. The maximum absolute atomic E-state index is 11.7. The van der Waals surface area contributed by atoms with Crippen LogP contribution in [0.15, 0.2) is 0 Å². The lowest BCUT2D eigenvalue weighted by Crippen LogP contribution is -2.49. The molecule has 0 aromatic rings. The number of nitrogens with zero attached hydrogens (tertiary/aromatic N) is 2. The number of carbonyl (C=O) groups excluding carboxylic acids is 1. The lowest BCUT2D eigenvalue weighted by atomic mass is 10.3. The zero-order valence-corrected chi connectivity index (χ0v) is 12.1. The fourth-order valence-electron chi connectivity index (χ4n) is 2.13. The van der Waals surface area contributed by atoms with Gasteiger partial charge in [0.1, 0.15) is 0 Å². The van der Waals surface area contributed by atoms with E-state index in [1.807, 2.05) is 0 Å². The molecule has 0 atom stereocenters. The molecule has 0 radical (unpaired) electrons. The predicted octanol–water partition coefficient (Wildman–Crippen LogP) is -0.769. The van der Waals surface area contributed by atoms with E-state index < -0.39 is 5.97 Å². The summed E-state index contributed by atoms with van der Waals surface area (Å²) in [6, 6.07) is 0. The molecule has 1 amide bonds. The van der Waals surface area contributed by atoms with E-state index in [1.54, 1.807) is 7.11 Å². The molecule has 1 saturated heterocycles. The van der Waals surface area contributed by atoms with Crippen LogP contribution in [-0.4, -0.2) is 86.3 Å². The van der Waals surface area contributed by atoms with Gasteiger partial charge < -0.3 is 20.1 Å². The molecule has 0 aromatic heterocycles. The number of nitrogens with one attached hydrogen (secondary N) is 1. The Morgan fingerprint density at radius 1 is 1.20 bits per heavy atom. The van der Waals surface area contributed by atoms with Gasteiger partial charge >= 0.3 is 5.97 Å². The van der Waals surface area contributed by atoms with E-state index in [2.05, 4.69) is 15.1 Å². The van der Waals surface area contributed by atoms with E-state index in [9.17, 15) is 9.59 Å². The van der Waals surface area contributed by atoms with E-state index >= 15 is 0 Å². The number of carbonyl (C=O) groups is 2. The molecule has 0 spiro atoms. The smallest absolute Gasteiger partial charge is 0.304 e. The summed E-state index contributed by atoms with van der Waals surface area (Å²) >= 11 is 0. The monoisotopic (exact) mass is 287 g/mol.